The summed E-state index contributed by atoms with van der Waals surface area (Å²) in [4.78, 5) is 29.7. The Morgan fingerprint density at radius 2 is 2.19 bits per heavy atom. The van der Waals surface area contributed by atoms with Crippen molar-refractivity contribution in [3.63, 3.8) is 0 Å². The number of nitrogens with one attached hydrogen (secondary N) is 1. The number of hydrogen-bond donors (Lipinski definition) is 2. The van der Waals surface area contributed by atoms with Crippen molar-refractivity contribution in [2.45, 2.75) is 25.3 Å². The van der Waals surface area contributed by atoms with Gasteiger partial charge >= 0.3 is 5.97 Å². The van der Waals surface area contributed by atoms with E-state index in [0.29, 0.717) is 5.82 Å². The molecule has 1 aliphatic rings. The lowest BCUT2D eigenvalue weighted by molar-refractivity contribution is -0.120. The molecule has 0 bridgehead atoms. The van der Waals surface area contributed by atoms with Crippen LogP contribution in [0, 0.1) is 0 Å². The maximum absolute atomic E-state index is 11.0. The van der Waals surface area contributed by atoms with E-state index < -0.39 is 11.5 Å². The lowest BCUT2D eigenvalue weighted by Gasteiger charge is -2.14. The van der Waals surface area contributed by atoms with Gasteiger partial charge in [0.05, 0.1) is 5.54 Å². The van der Waals surface area contributed by atoms with E-state index in [1.807, 2.05) is 0 Å². The summed E-state index contributed by atoms with van der Waals surface area (Å²) in [5, 5.41) is 11.6. The van der Waals surface area contributed by atoms with Gasteiger partial charge in [-0.3, -0.25) is 4.79 Å². The third kappa shape index (κ3) is 1.86. The van der Waals surface area contributed by atoms with Gasteiger partial charge in [-0.25, -0.2) is 14.8 Å². The summed E-state index contributed by atoms with van der Waals surface area (Å²) in [6.07, 6.45) is 2.89. The van der Waals surface area contributed by atoms with Gasteiger partial charge in [0, 0.05) is 13.1 Å². The number of aromatic carboxylic acids is 1. The van der Waals surface area contributed by atoms with E-state index in [0.717, 1.165) is 12.8 Å². The van der Waals surface area contributed by atoms with Crippen molar-refractivity contribution in [1.82, 2.24) is 15.3 Å². The van der Waals surface area contributed by atoms with E-state index in [1.54, 1.807) is 0 Å². The van der Waals surface area contributed by atoms with Gasteiger partial charge in [-0.15, -0.1) is 0 Å². The van der Waals surface area contributed by atoms with E-state index in [2.05, 4.69) is 15.3 Å². The SMILES string of the molecule is CC(=O)NC1(c2nccc(C(=O)O)n2)CC1. The highest BCUT2D eigenvalue weighted by Gasteiger charge is 2.48. The second kappa shape index (κ2) is 3.55. The van der Waals surface area contributed by atoms with Crippen molar-refractivity contribution in [3.05, 3.63) is 23.8 Å². The highest BCUT2D eigenvalue weighted by molar-refractivity contribution is 5.85. The highest BCUT2D eigenvalue weighted by atomic mass is 16.4. The third-order valence-electron chi connectivity index (χ3n) is 2.47. The molecule has 16 heavy (non-hydrogen) atoms. The van der Waals surface area contributed by atoms with Gasteiger partial charge in [0.15, 0.2) is 11.5 Å². The molecule has 0 radical (unpaired) electrons. The van der Waals surface area contributed by atoms with Crippen LogP contribution >= 0.6 is 0 Å². The smallest absolute Gasteiger partial charge is 0.354 e. The average Bonchev–Trinajstić information content (AvgIpc) is 2.98. The molecule has 1 aromatic heterocycles. The van der Waals surface area contributed by atoms with Crippen LogP contribution in [0.15, 0.2) is 12.3 Å². The van der Waals surface area contributed by atoms with Crippen LogP contribution in [0.2, 0.25) is 0 Å². The molecule has 0 aromatic carbocycles. The molecule has 1 aliphatic carbocycles. The fraction of sp³-hybridized carbons (Fsp3) is 0.400. The van der Waals surface area contributed by atoms with Gasteiger partial charge in [-0.2, -0.15) is 0 Å². The molecule has 0 spiro atoms. The van der Waals surface area contributed by atoms with Crippen molar-refractivity contribution >= 4 is 11.9 Å². The Kier molecular flexibility index (Phi) is 2.34. The second-order valence-electron chi connectivity index (χ2n) is 3.83. The maximum Gasteiger partial charge on any atom is 0.354 e. The molecule has 1 fully saturated rings. The molecule has 1 saturated carbocycles. The minimum atomic E-state index is -1.10. The first-order valence-corrected chi connectivity index (χ1v) is 4.89. The van der Waals surface area contributed by atoms with Crippen molar-refractivity contribution in [2.24, 2.45) is 0 Å². The number of amides is 1. The summed E-state index contributed by atoms with van der Waals surface area (Å²) in [5.41, 5.74) is -0.598. The second-order valence-corrected chi connectivity index (χ2v) is 3.83. The van der Waals surface area contributed by atoms with E-state index in [9.17, 15) is 9.59 Å². The molecule has 1 aromatic rings. The number of nitrogens with zero attached hydrogens (tertiary/aromatic N) is 2. The first kappa shape index (κ1) is 10.5. The first-order chi connectivity index (χ1) is 7.53. The molecule has 84 valence electrons. The minimum absolute atomic E-state index is 0.0540. The van der Waals surface area contributed by atoms with Crippen LogP contribution in [0.3, 0.4) is 0 Å². The van der Waals surface area contributed by atoms with Crippen molar-refractivity contribution < 1.29 is 14.7 Å². The Hall–Kier alpha value is -1.98. The highest BCUT2D eigenvalue weighted by Crippen LogP contribution is 2.43. The lowest BCUT2D eigenvalue weighted by atomic mass is 10.2. The number of rotatable bonds is 3. The number of carboxylic acid groups (broad SMARTS) is 1. The summed E-state index contributed by atoms with van der Waals surface area (Å²) in [5.74, 6) is -0.883. The molecular formula is C10H11N3O3. The topological polar surface area (TPSA) is 92.2 Å². The van der Waals surface area contributed by atoms with E-state index in [1.165, 1.54) is 19.2 Å². The number of carbonyl (C=O) groups excluding carboxylic acids is 1. The molecule has 1 heterocycles. The van der Waals surface area contributed by atoms with E-state index in [4.69, 9.17) is 5.11 Å². The Bertz CT molecular complexity index is 454. The van der Waals surface area contributed by atoms with Crippen LogP contribution in [0.25, 0.3) is 0 Å². The third-order valence-corrected chi connectivity index (χ3v) is 2.47. The number of carboxylic acids is 1. The quantitative estimate of drug-likeness (QED) is 0.765. The zero-order valence-corrected chi connectivity index (χ0v) is 8.73. The molecule has 6 heteroatoms. The fourth-order valence-corrected chi connectivity index (χ4v) is 1.57. The van der Waals surface area contributed by atoms with E-state index in [-0.39, 0.29) is 11.6 Å². The molecule has 0 aliphatic heterocycles. The Balaban J connectivity index is 2.30. The first-order valence-electron chi connectivity index (χ1n) is 4.89. The summed E-state index contributed by atoms with van der Waals surface area (Å²) in [7, 11) is 0. The normalized spacial score (nSPS) is 16.6. The van der Waals surface area contributed by atoms with Crippen LogP contribution in [-0.2, 0) is 10.3 Å². The molecule has 6 nitrogen and oxygen atoms in total. The molecule has 0 unspecified atom stereocenters. The Morgan fingerprint density at radius 3 is 2.69 bits per heavy atom. The molecule has 2 rings (SSSR count). The largest absolute Gasteiger partial charge is 0.477 e. The number of aromatic nitrogens is 2. The zero-order valence-electron chi connectivity index (χ0n) is 8.73. The summed E-state index contributed by atoms with van der Waals surface area (Å²) in [6.45, 7) is 1.42. The van der Waals surface area contributed by atoms with Gasteiger partial charge < -0.3 is 10.4 Å². The summed E-state index contributed by atoms with van der Waals surface area (Å²) >= 11 is 0. The van der Waals surface area contributed by atoms with Gasteiger partial charge in [-0.1, -0.05) is 0 Å². The van der Waals surface area contributed by atoms with Gasteiger partial charge in [0.1, 0.15) is 0 Å². The molecule has 0 saturated heterocycles. The number of carbonyl (C=O) groups is 2. The predicted octanol–water partition coefficient (Wildman–Crippen LogP) is 0.300. The van der Waals surface area contributed by atoms with Crippen molar-refractivity contribution in [2.75, 3.05) is 0 Å². The summed E-state index contributed by atoms with van der Waals surface area (Å²) < 4.78 is 0. The van der Waals surface area contributed by atoms with Gasteiger partial charge in [0.25, 0.3) is 0 Å². The lowest BCUT2D eigenvalue weighted by Crippen LogP contribution is -2.34. The fourth-order valence-electron chi connectivity index (χ4n) is 1.57. The summed E-state index contributed by atoms with van der Waals surface area (Å²) in [6, 6.07) is 1.33. The van der Waals surface area contributed by atoms with Crippen LogP contribution in [0.4, 0.5) is 0 Å². The van der Waals surface area contributed by atoms with Crippen LogP contribution in [0.5, 0.6) is 0 Å². The molecule has 0 atom stereocenters. The van der Waals surface area contributed by atoms with Gasteiger partial charge in [-0.05, 0) is 18.9 Å². The molecular weight excluding hydrogens is 210 g/mol. The maximum atomic E-state index is 11.0. The van der Waals surface area contributed by atoms with Crippen molar-refractivity contribution in [3.8, 4) is 0 Å². The monoisotopic (exact) mass is 221 g/mol. The zero-order chi connectivity index (χ0) is 11.8. The van der Waals surface area contributed by atoms with Crippen LogP contribution < -0.4 is 5.32 Å². The van der Waals surface area contributed by atoms with Crippen molar-refractivity contribution in [1.29, 1.82) is 0 Å². The standard InChI is InChI=1S/C10H11N3O3/c1-6(14)13-10(3-4-10)9-11-5-2-7(12-9)8(15)16/h2,5H,3-4H2,1H3,(H,13,14)(H,15,16). The van der Waals surface area contributed by atoms with Crippen LogP contribution in [0.1, 0.15) is 36.1 Å². The van der Waals surface area contributed by atoms with Crippen LogP contribution in [-0.4, -0.2) is 27.0 Å². The van der Waals surface area contributed by atoms with E-state index >= 15 is 0 Å². The minimum Gasteiger partial charge on any atom is -0.477 e. The Morgan fingerprint density at radius 1 is 1.50 bits per heavy atom. The molecule has 2 N–H and O–H groups in total. The number of hydrogen-bond acceptors (Lipinski definition) is 4. The Labute approximate surface area is 91.7 Å². The predicted molar refractivity (Wildman–Crippen MR) is 53.7 cm³/mol. The molecule has 1 amide bonds. The average molecular weight is 221 g/mol. The van der Waals surface area contributed by atoms with Gasteiger partial charge in [0.2, 0.25) is 5.91 Å².